The number of fused-ring (bicyclic) bond motifs is 2. The number of para-hydroxylation sites is 2. The highest BCUT2D eigenvalue weighted by Crippen LogP contribution is 2.43. The molecule has 0 fully saturated rings. The SMILES string of the molecule is CC1(C)Oc2ccc(N)cc2[C@H](n2c(=S)[nH]c3ccccc32)[C@H]1O. The molecule has 1 aliphatic heterocycles. The van der Waals surface area contributed by atoms with Crippen LogP contribution < -0.4 is 10.5 Å². The number of aliphatic hydroxyl groups is 1. The first-order valence-corrected chi connectivity index (χ1v) is 8.25. The van der Waals surface area contributed by atoms with Crippen molar-refractivity contribution in [3.63, 3.8) is 0 Å². The van der Waals surface area contributed by atoms with Crippen LogP contribution in [0.4, 0.5) is 5.69 Å². The lowest BCUT2D eigenvalue weighted by molar-refractivity contribution is -0.0631. The van der Waals surface area contributed by atoms with Crippen molar-refractivity contribution in [3.05, 3.63) is 52.8 Å². The van der Waals surface area contributed by atoms with E-state index in [0.29, 0.717) is 10.5 Å². The van der Waals surface area contributed by atoms with Crippen LogP contribution in [-0.2, 0) is 0 Å². The van der Waals surface area contributed by atoms with Gasteiger partial charge in [0.2, 0.25) is 0 Å². The number of imidazole rings is 1. The fraction of sp³-hybridized carbons (Fsp3) is 0.278. The largest absolute Gasteiger partial charge is 0.485 e. The van der Waals surface area contributed by atoms with Gasteiger partial charge in [-0.15, -0.1) is 0 Å². The van der Waals surface area contributed by atoms with Crippen LogP contribution in [0.1, 0.15) is 25.5 Å². The van der Waals surface area contributed by atoms with Gasteiger partial charge in [-0.3, -0.25) is 0 Å². The quantitative estimate of drug-likeness (QED) is 0.468. The lowest BCUT2D eigenvalue weighted by Gasteiger charge is -2.42. The number of hydrogen-bond donors (Lipinski definition) is 3. The van der Waals surface area contributed by atoms with E-state index >= 15 is 0 Å². The van der Waals surface area contributed by atoms with Crippen molar-refractivity contribution in [3.8, 4) is 5.75 Å². The molecule has 0 spiro atoms. The standard InChI is InChI=1S/C18H19N3O2S/c1-18(2)16(22)15(11-9-10(19)7-8-14(11)23-18)21-13-6-4-3-5-12(13)20-17(21)24/h3-9,15-16,22H,19H2,1-2H3,(H,20,24)/t15-,16+/m0/s1. The number of H-pyrrole nitrogens is 1. The molecule has 0 saturated heterocycles. The van der Waals surface area contributed by atoms with Gasteiger partial charge < -0.3 is 25.1 Å². The van der Waals surface area contributed by atoms with Gasteiger partial charge >= 0.3 is 0 Å². The van der Waals surface area contributed by atoms with Gasteiger partial charge in [-0.05, 0) is 56.4 Å². The number of benzene rings is 2. The van der Waals surface area contributed by atoms with Gasteiger partial charge in [-0.1, -0.05) is 12.1 Å². The van der Waals surface area contributed by atoms with Gasteiger partial charge in [0.1, 0.15) is 17.5 Å². The Morgan fingerprint density at radius 1 is 1.25 bits per heavy atom. The number of nitrogens with zero attached hydrogens (tertiary/aromatic N) is 1. The summed E-state index contributed by atoms with van der Waals surface area (Å²) in [5.41, 5.74) is 8.57. The first-order valence-electron chi connectivity index (χ1n) is 7.84. The predicted octanol–water partition coefficient (Wildman–Crippen LogP) is 3.40. The fourth-order valence-electron chi connectivity index (χ4n) is 3.42. The van der Waals surface area contributed by atoms with Crippen LogP contribution in [-0.4, -0.2) is 26.4 Å². The minimum absolute atomic E-state index is 0.379. The third-order valence-corrected chi connectivity index (χ3v) is 4.94. The number of rotatable bonds is 1. The molecule has 4 N–H and O–H groups in total. The van der Waals surface area contributed by atoms with Crippen molar-refractivity contribution in [1.29, 1.82) is 0 Å². The number of aliphatic hydroxyl groups excluding tert-OH is 1. The molecule has 2 heterocycles. The zero-order valence-corrected chi connectivity index (χ0v) is 14.3. The summed E-state index contributed by atoms with van der Waals surface area (Å²) in [6, 6.07) is 13.0. The number of anilines is 1. The van der Waals surface area contributed by atoms with E-state index in [0.717, 1.165) is 22.3 Å². The summed E-state index contributed by atoms with van der Waals surface area (Å²) in [4.78, 5) is 3.21. The molecule has 0 saturated carbocycles. The second-order valence-corrected chi connectivity index (χ2v) is 7.10. The first kappa shape index (κ1) is 15.2. The molecule has 24 heavy (non-hydrogen) atoms. The maximum atomic E-state index is 11.0. The van der Waals surface area contributed by atoms with Crippen LogP contribution in [0, 0.1) is 4.77 Å². The number of nitrogens with one attached hydrogen (secondary N) is 1. The maximum absolute atomic E-state index is 11.0. The summed E-state index contributed by atoms with van der Waals surface area (Å²) < 4.78 is 8.52. The van der Waals surface area contributed by atoms with Crippen LogP contribution in [0.3, 0.4) is 0 Å². The number of aromatic nitrogens is 2. The Bertz CT molecular complexity index is 989. The van der Waals surface area contributed by atoms with E-state index in [9.17, 15) is 5.11 Å². The van der Waals surface area contributed by atoms with Crippen LogP contribution >= 0.6 is 12.2 Å². The molecule has 4 rings (SSSR count). The highest BCUT2D eigenvalue weighted by Gasteiger charge is 2.44. The molecule has 0 unspecified atom stereocenters. The van der Waals surface area contributed by atoms with E-state index in [2.05, 4.69) is 4.98 Å². The zero-order valence-electron chi connectivity index (χ0n) is 13.5. The molecule has 1 aromatic heterocycles. The molecule has 2 atom stereocenters. The molecule has 0 bridgehead atoms. The lowest BCUT2D eigenvalue weighted by Crippen LogP contribution is -2.50. The van der Waals surface area contributed by atoms with Crippen LogP contribution in [0.25, 0.3) is 11.0 Å². The zero-order chi connectivity index (χ0) is 17.1. The van der Waals surface area contributed by atoms with Gasteiger partial charge in [0.05, 0.1) is 17.1 Å². The summed E-state index contributed by atoms with van der Waals surface area (Å²) in [6.45, 7) is 3.75. The van der Waals surface area contributed by atoms with Gasteiger partial charge in [-0.25, -0.2) is 0 Å². The van der Waals surface area contributed by atoms with Crippen LogP contribution in [0.5, 0.6) is 5.75 Å². The Hall–Kier alpha value is -2.31. The number of nitrogens with two attached hydrogens (primary N) is 1. The number of aromatic amines is 1. The summed E-state index contributed by atoms with van der Waals surface area (Å²) in [7, 11) is 0. The molecule has 5 nitrogen and oxygen atoms in total. The highest BCUT2D eigenvalue weighted by molar-refractivity contribution is 7.71. The van der Waals surface area contributed by atoms with E-state index in [1.807, 2.05) is 54.8 Å². The summed E-state index contributed by atoms with van der Waals surface area (Å²) in [5, 5.41) is 11.0. The van der Waals surface area contributed by atoms with Crippen LogP contribution in [0.15, 0.2) is 42.5 Å². The molecule has 0 aliphatic carbocycles. The third-order valence-electron chi connectivity index (χ3n) is 4.64. The summed E-state index contributed by atoms with van der Waals surface area (Å²) >= 11 is 5.55. The number of nitrogen functional groups attached to an aromatic ring is 1. The van der Waals surface area contributed by atoms with Crippen molar-refractivity contribution in [1.82, 2.24) is 9.55 Å². The Morgan fingerprint density at radius 2 is 2.00 bits per heavy atom. The van der Waals surface area contributed by atoms with Crippen molar-refractivity contribution in [2.45, 2.75) is 31.6 Å². The Morgan fingerprint density at radius 3 is 2.79 bits per heavy atom. The molecule has 1 aliphatic rings. The number of ether oxygens (including phenoxy) is 1. The molecule has 124 valence electrons. The van der Waals surface area contributed by atoms with E-state index in [1.165, 1.54) is 0 Å². The minimum atomic E-state index is -0.780. The maximum Gasteiger partial charge on any atom is 0.178 e. The van der Waals surface area contributed by atoms with Gasteiger partial charge in [0, 0.05) is 11.3 Å². The number of hydrogen-bond acceptors (Lipinski definition) is 4. The van der Waals surface area contributed by atoms with E-state index < -0.39 is 11.7 Å². The Balaban J connectivity index is 2.04. The average Bonchev–Trinajstić information content (AvgIpc) is 2.85. The van der Waals surface area contributed by atoms with E-state index in [1.54, 1.807) is 6.07 Å². The topological polar surface area (TPSA) is 76.2 Å². The predicted molar refractivity (Wildman–Crippen MR) is 96.8 cm³/mol. The second kappa shape index (κ2) is 5.09. The highest BCUT2D eigenvalue weighted by atomic mass is 32.1. The van der Waals surface area contributed by atoms with E-state index in [4.69, 9.17) is 22.7 Å². The van der Waals surface area contributed by atoms with Crippen molar-refractivity contribution in [2.24, 2.45) is 0 Å². The molecular weight excluding hydrogens is 322 g/mol. The molecule has 3 aromatic rings. The molecule has 0 amide bonds. The smallest absolute Gasteiger partial charge is 0.178 e. The lowest BCUT2D eigenvalue weighted by atomic mass is 9.86. The van der Waals surface area contributed by atoms with Crippen molar-refractivity contribution < 1.29 is 9.84 Å². The van der Waals surface area contributed by atoms with Crippen molar-refractivity contribution >= 4 is 28.9 Å². The average molecular weight is 341 g/mol. The minimum Gasteiger partial charge on any atom is -0.485 e. The Labute approximate surface area is 144 Å². The molecular formula is C18H19N3O2S. The molecule has 2 aromatic carbocycles. The summed E-state index contributed by atoms with van der Waals surface area (Å²) in [5.74, 6) is 0.719. The normalized spacial score (nSPS) is 22.1. The monoisotopic (exact) mass is 341 g/mol. The van der Waals surface area contributed by atoms with E-state index in [-0.39, 0.29) is 6.04 Å². The third kappa shape index (κ3) is 2.14. The van der Waals surface area contributed by atoms with Gasteiger partial charge in [-0.2, -0.15) is 0 Å². The fourth-order valence-corrected chi connectivity index (χ4v) is 3.74. The summed E-state index contributed by atoms with van der Waals surface area (Å²) in [6.07, 6.45) is -0.780. The second-order valence-electron chi connectivity index (χ2n) is 6.71. The van der Waals surface area contributed by atoms with Crippen molar-refractivity contribution in [2.75, 3.05) is 5.73 Å². The van der Waals surface area contributed by atoms with Gasteiger partial charge in [0.15, 0.2) is 4.77 Å². The molecule has 0 radical (unpaired) electrons. The Kier molecular flexibility index (Phi) is 3.23. The van der Waals surface area contributed by atoms with Crippen LogP contribution in [0.2, 0.25) is 0 Å². The van der Waals surface area contributed by atoms with Gasteiger partial charge in [0.25, 0.3) is 0 Å². The first-order chi connectivity index (χ1) is 11.4. The molecule has 6 heteroatoms.